The average Bonchev–Trinajstić information content (AvgIpc) is 2.35. The zero-order valence-electron chi connectivity index (χ0n) is 10.8. The zero-order chi connectivity index (χ0) is 14.5. The van der Waals surface area contributed by atoms with E-state index in [0.717, 1.165) is 25.0 Å². The lowest BCUT2D eigenvalue weighted by molar-refractivity contribution is -0.137. The Morgan fingerprint density at radius 1 is 1.26 bits per heavy atom. The van der Waals surface area contributed by atoms with Crippen LogP contribution in [0.3, 0.4) is 0 Å². The molecule has 0 spiro atoms. The van der Waals surface area contributed by atoms with E-state index in [4.69, 9.17) is 5.73 Å². The second kappa shape index (κ2) is 6.70. The van der Waals surface area contributed by atoms with Crippen LogP contribution in [0.2, 0.25) is 0 Å². The van der Waals surface area contributed by atoms with Gasteiger partial charge in [0.15, 0.2) is 5.78 Å². The van der Waals surface area contributed by atoms with Gasteiger partial charge in [0.25, 0.3) is 0 Å². The molecule has 1 aromatic carbocycles. The topological polar surface area (TPSA) is 43.1 Å². The molecule has 0 aliphatic rings. The van der Waals surface area contributed by atoms with Crippen LogP contribution in [0.25, 0.3) is 0 Å². The number of carbonyl (C=O) groups is 1. The number of unbranched alkanes of at least 4 members (excludes halogenated alkanes) is 1. The predicted octanol–water partition coefficient (Wildman–Crippen LogP) is 3.33. The van der Waals surface area contributed by atoms with Crippen molar-refractivity contribution in [2.75, 3.05) is 0 Å². The summed E-state index contributed by atoms with van der Waals surface area (Å²) in [5, 5.41) is 0. The summed E-state index contributed by atoms with van der Waals surface area (Å²) in [5.74, 6) is -0.131. The van der Waals surface area contributed by atoms with E-state index >= 15 is 0 Å². The van der Waals surface area contributed by atoms with Gasteiger partial charge in [0.2, 0.25) is 0 Å². The van der Waals surface area contributed by atoms with Gasteiger partial charge in [-0.05, 0) is 24.1 Å². The van der Waals surface area contributed by atoms with Crippen molar-refractivity contribution in [3.8, 4) is 0 Å². The highest BCUT2D eigenvalue weighted by Crippen LogP contribution is 2.29. The number of carbonyl (C=O) groups excluding carboxylic acids is 1. The summed E-state index contributed by atoms with van der Waals surface area (Å²) >= 11 is 0. The minimum Gasteiger partial charge on any atom is -0.321 e. The van der Waals surface area contributed by atoms with Crippen LogP contribution in [0.5, 0.6) is 0 Å². The summed E-state index contributed by atoms with van der Waals surface area (Å²) in [6.07, 6.45) is -1.81. The van der Waals surface area contributed by atoms with Gasteiger partial charge in [0, 0.05) is 6.42 Å². The zero-order valence-corrected chi connectivity index (χ0v) is 10.8. The lowest BCUT2D eigenvalue weighted by atomic mass is 9.99. The molecule has 0 fully saturated rings. The number of ketones is 1. The molecular weight excluding hydrogens is 255 g/mol. The molecular formula is C14H18F3NO. The number of hydrogen-bond acceptors (Lipinski definition) is 2. The van der Waals surface area contributed by atoms with Crippen molar-refractivity contribution in [3.05, 3.63) is 35.4 Å². The molecule has 0 aliphatic carbocycles. The number of benzene rings is 1. The quantitative estimate of drug-likeness (QED) is 0.863. The lowest BCUT2D eigenvalue weighted by Gasteiger charge is -2.11. The summed E-state index contributed by atoms with van der Waals surface area (Å²) < 4.78 is 37.1. The van der Waals surface area contributed by atoms with Gasteiger partial charge in [-0.2, -0.15) is 13.2 Å². The third-order valence-corrected chi connectivity index (χ3v) is 2.94. The normalized spacial score (nSPS) is 13.3. The van der Waals surface area contributed by atoms with Crippen molar-refractivity contribution in [1.29, 1.82) is 0 Å². The maximum Gasteiger partial charge on any atom is 0.416 e. The smallest absolute Gasteiger partial charge is 0.321 e. The Labute approximate surface area is 110 Å². The van der Waals surface area contributed by atoms with Crippen LogP contribution in [0.15, 0.2) is 24.3 Å². The highest BCUT2D eigenvalue weighted by Gasteiger charge is 2.30. The third-order valence-electron chi connectivity index (χ3n) is 2.94. The average molecular weight is 273 g/mol. The van der Waals surface area contributed by atoms with Gasteiger partial charge < -0.3 is 5.73 Å². The van der Waals surface area contributed by atoms with Crippen LogP contribution < -0.4 is 5.73 Å². The molecule has 0 heterocycles. The third kappa shape index (κ3) is 5.03. The van der Waals surface area contributed by atoms with Gasteiger partial charge in [0.05, 0.1) is 11.6 Å². The van der Waals surface area contributed by atoms with Gasteiger partial charge in [-0.3, -0.25) is 4.79 Å². The molecule has 0 aromatic heterocycles. The van der Waals surface area contributed by atoms with Gasteiger partial charge >= 0.3 is 6.18 Å². The minimum absolute atomic E-state index is 0.0863. The monoisotopic (exact) mass is 273 g/mol. The summed E-state index contributed by atoms with van der Waals surface area (Å²) in [7, 11) is 0. The van der Waals surface area contributed by atoms with Crippen molar-refractivity contribution in [1.82, 2.24) is 0 Å². The van der Waals surface area contributed by atoms with E-state index in [2.05, 4.69) is 0 Å². The number of rotatable bonds is 6. The Balaban J connectivity index is 2.60. The SMILES string of the molecule is CCCCC(N)C(=O)Cc1ccc(C(F)(F)F)cc1. The van der Waals surface area contributed by atoms with E-state index in [0.29, 0.717) is 12.0 Å². The van der Waals surface area contributed by atoms with Gasteiger partial charge in [-0.15, -0.1) is 0 Å². The van der Waals surface area contributed by atoms with Gasteiger partial charge in [-0.1, -0.05) is 31.9 Å². The minimum atomic E-state index is -4.35. The molecule has 2 nitrogen and oxygen atoms in total. The van der Waals surface area contributed by atoms with E-state index in [-0.39, 0.29) is 12.2 Å². The number of halogens is 3. The van der Waals surface area contributed by atoms with Crippen LogP contribution in [-0.4, -0.2) is 11.8 Å². The summed E-state index contributed by atoms with van der Waals surface area (Å²) in [6.45, 7) is 2.01. The highest BCUT2D eigenvalue weighted by atomic mass is 19.4. The van der Waals surface area contributed by atoms with E-state index in [9.17, 15) is 18.0 Å². The Hall–Kier alpha value is -1.36. The number of alkyl halides is 3. The second-order valence-electron chi connectivity index (χ2n) is 4.59. The molecule has 0 aliphatic heterocycles. The standard InChI is InChI=1S/C14H18F3NO/c1-2-3-4-12(18)13(19)9-10-5-7-11(8-6-10)14(15,16)17/h5-8,12H,2-4,9,18H2,1H3. The molecule has 1 rings (SSSR count). The second-order valence-corrected chi connectivity index (χ2v) is 4.59. The molecule has 0 bridgehead atoms. The molecule has 1 atom stereocenters. The van der Waals surface area contributed by atoms with Crippen molar-refractivity contribution >= 4 is 5.78 Å². The predicted molar refractivity (Wildman–Crippen MR) is 67.7 cm³/mol. The highest BCUT2D eigenvalue weighted by molar-refractivity contribution is 5.85. The van der Waals surface area contributed by atoms with Crippen molar-refractivity contribution < 1.29 is 18.0 Å². The van der Waals surface area contributed by atoms with Crippen molar-refractivity contribution in [3.63, 3.8) is 0 Å². The first-order valence-electron chi connectivity index (χ1n) is 6.29. The summed E-state index contributed by atoms with van der Waals surface area (Å²) in [4.78, 5) is 11.8. The molecule has 106 valence electrons. The van der Waals surface area contributed by atoms with Crippen LogP contribution in [-0.2, 0) is 17.4 Å². The molecule has 0 saturated carbocycles. The number of nitrogens with two attached hydrogens (primary N) is 1. The maximum atomic E-state index is 12.4. The number of Topliss-reactive ketones (excluding diaryl/α,β-unsaturated/α-hetero) is 1. The first kappa shape index (κ1) is 15.7. The molecule has 2 N–H and O–H groups in total. The first-order valence-corrected chi connectivity index (χ1v) is 6.29. The van der Waals surface area contributed by atoms with Crippen molar-refractivity contribution in [2.24, 2.45) is 5.73 Å². The molecule has 1 aromatic rings. The maximum absolute atomic E-state index is 12.4. The molecule has 19 heavy (non-hydrogen) atoms. The molecule has 0 saturated heterocycles. The fourth-order valence-electron chi connectivity index (χ4n) is 1.73. The van der Waals surface area contributed by atoms with Crippen LogP contribution in [0, 0.1) is 0 Å². The summed E-state index contributed by atoms with van der Waals surface area (Å²) in [6, 6.07) is 4.10. The first-order chi connectivity index (χ1) is 8.84. The Morgan fingerprint density at radius 3 is 2.32 bits per heavy atom. The van der Waals surface area contributed by atoms with E-state index < -0.39 is 17.8 Å². The summed E-state index contributed by atoms with van der Waals surface area (Å²) in [5.41, 5.74) is 5.57. The van der Waals surface area contributed by atoms with Crippen LogP contribution >= 0.6 is 0 Å². The molecule has 5 heteroatoms. The molecule has 0 radical (unpaired) electrons. The van der Waals surface area contributed by atoms with Gasteiger partial charge in [0.1, 0.15) is 0 Å². The lowest BCUT2D eigenvalue weighted by Crippen LogP contribution is -2.31. The van der Waals surface area contributed by atoms with E-state index in [1.165, 1.54) is 12.1 Å². The largest absolute Gasteiger partial charge is 0.416 e. The fraction of sp³-hybridized carbons (Fsp3) is 0.500. The van der Waals surface area contributed by atoms with Crippen LogP contribution in [0.1, 0.15) is 37.3 Å². The van der Waals surface area contributed by atoms with E-state index in [1.54, 1.807) is 0 Å². The fourth-order valence-corrected chi connectivity index (χ4v) is 1.73. The van der Waals surface area contributed by atoms with E-state index in [1.807, 2.05) is 6.92 Å². The number of hydrogen-bond donors (Lipinski definition) is 1. The van der Waals surface area contributed by atoms with Gasteiger partial charge in [-0.25, -0.2) is 0 Å². The van der Waals surface area contributed by atoms with Crippen molar-refractivity contribution in [2.45, 2.75) is 44.8 Å². The Kier molecular flexibility index (Phi) is 5.54. The van der Waals surface area contributed by atoms with Crippen LogP contribution in [0.4, 0.5) is 13.2 Å². The Morgan fingerprint density at radius 2 is 1.84 bits per heavy atom. The molecule has 1 unspecified atom stereocenters. The Bertz CT molecular complexity index is 412. The molecule has 0 amide bonds.